The fourth-order valence-corrected chi connectivity index (χ4v) is 13.3. The first-order valence-electron chi connectivity index (χ1n) is 35.0. The molecule has 0 bridgehead atoms. The number of hydrazine groups is 1. The van der Waals surface area contributed by atoms with E-state index in [1.54, 1.807) is 93.6 Å². The highest BCUT2D eigenvalue weighted by atomic mass is 79.9. The Balaban J connectivity index is 0.000000172. The molecule has 8 aromatic carbocycles. The number of amides is 8. The minimum Gasteiger partial charge on any atom is -0.463 e. The summed E-state index contributed by atoms with van der Waals surface area (Å²) in [5.41, 5.74) is 16.2. The Morgan fingerprint density at radius 2 is 0.973 bits per heavy atom. The van der Waals surface area contributed by atoms with Gasteiger partial charge in [0.1, 0.15) is 5.15 Å². The molecular formula is C81H79Br5ClN11O15. The molecule has 7 heterocycles. The van der Waals surface area contributed by atoms with E-state index in [-0.39, 0.29) is 52.6 Å². The number of nitrogens with two attached hydrogens (primary N) is 3. The predicted octanol–water partition coefficient (Wildman–Crippen LogP) is 16.7. The number of nitrogens with zero attached hydrogens (tertiary/aromatic N) is 5. The van der Waals surface area contributed by atoms with Gasteiger partial charge in [-0.2, -0.15) is 0 Å². The summed E-state index contributed by atoms with van der Waals surface area (Å²) in [4.78, 5) is 131. The molecule has 2 aromatic heterocycles. The highest BCUT2D eigenvalue weighted by molar-refractivity contribution is 9.11. The molecule has 0 radical (unpaired) electrons. The third kappa shape index (κ3) is 26.0. The molecule has 1 fully saturated rings. The average Bonchev–Trinajstić information content (AvgIpc) is 1.76. The van der Waals surface area contributed by atoms with Crippen molar-refractivity contribution in [1.29, 1.82) is 0 Å². The van der Waals surface area contributed by atoms with Crippen molar-refractivity contribution in [3.05, 3.63) is 266 Å². The Kier molecular flexibility index (Phi) is 33.9. The number of ether oxygens (including phenoxy) is 1. The van der Waals surface area contributed by atoms with Gasteiger partial charge >= 0.3 is 5.97 Å². The summed E-state index contributed by atoms with van der Waals surface area (Å²) in [6.45, 7) is 9.13. The van der Waals surface area contributed by atoms with E-state index in [9.17, 15) is 43.2 Å². The van der Waals surface area contributed by atoms with Crippen LogP contribution in [-0.4, -0.2) is 119 Å². The molecule has 0 spiro atoms. The third-order valence-corrected chi connectivity index (χ3v) is 19.4. The number of cyclic esters (lactones) is 1. The van der Waals surface area contributed by atoms with E-state index >= 15 is 0 Å². The second-order valence-electron chi connectivity index (χ2n) is 25.7. The number of carbonyl (C=O) groups excluding carboxylic acids is 9. The van der Waals surface area contributed by atoms with Gasteiger partial charge in [-0.3, -0.25) is 74.6 Å². The number of nitrogens with one attached hydrogen (secondary N) is 3. The molecule has 26 nitrogen and oxygen atoms in total. The maximum Gasteiger partial charge on any atom is 0.306 e. The van der Waals surface area contributed by atoms with Gasteiger partial charge in [-0.25, -0.2) is 15.4 Å². The molecule has 0 saturated carbocycles. The number of esters is 1. The van der Waals surface area contributed by atoms with E-state index in [0.717, 1.165) is 89.9 Å². The fourth-order valence-electron chi connectivity index (χ4n) is 11.1. The van der Waals surface area contributed by atoms with Gasteiger partial charge in [0.2, 0.25) is 11.8 Å². The van der Waals surface area contributed by atoms with Crippen molar-refractivity contribution in [2.75, 3.05) is 21.8 Å². The van der Waals surface area contributed by atoms with E-state index in [4.69, 9.17) is 46.9 Å². The number of imide groups is 3. The van der Waals surface area contributed by atoms with Gasteiger partial charge < -0.3 is 26.2 Å². The van der Waals surface area contributed by atoms with Crippen LogP contribution >= 0.6 is 91.3 Å². The molecule has 5 aliphatic rings. The van der Waals surface area contributed by atoms with Crippen molar-refractivity contribution >= 4 is 189 Å². The quantitative estimate of drug-likeness (QED) is 0.00953. The number of carbonyl (C=O) groups is 9. The topological polar surface area (TPSA) is 381 Å². The number of fused-ring (bicyclic) bond motifs is 6. The van der Waals surface area contributed by atoms with E-state index in [2.05, 4.69) is 130 Å². The Morgan fingerprint density at radius 1 is 0.549 bits per heavy atom. The SMILES string of the molecule is CC(CCC(=O)Nc1cccc(Br)c1)ON1C(=O)c2ccccc2C1=O.CC(Cc1cc2ccc(Br)cc2nc1Cl)ON1C(=O)c2ccccc2C1=O.CC(O)CCC(=O)Nc1cccc(Br)c1.CC1CCC(=O)O1.CC1Cc2cc3ccc(Br)cc3nc2NO1.NN.Nc1cccc(Br)c1.O=C1c2ccccc2C(=O)N1O. The largest absolute Gasteiger partial charge is 0.463 e. The number of pyridine rings is 2. The van der Waals surface area contributed by atoms with Crippen molar-refractivity contribution in [2.24, 2.45) is 11.7 Å². The zero-order valence-corrected chi connectivity index (χ0v) is 70.1. The van der Waals surface area contributed by atoms with Gasteiger partial charge in [0.05, 0.1) is 74.9 Å². The molecule has 113 heavy (non-hydrogen) atoms. The summed E-state index contributed by atoms with van der Waals surface area (Å²) in [6.07, 6.45) is 3.25. The highest BCUT2D eigenvalue weighted by Gasteiger charge is 2.39. The van der Waals surface area contributed by atoms with Gasteiger partial charge in [0.15, 0.2) is 5.82 Å². The van der Waals surface area contributed by atoms with Crippen LogP contribution in [0.3, 0.4) is 0 Å². The van der Waals surface area contributed by atoms with Crippen molar-refractivity contribution in [3.63, 3.8) is 0 Å². The first kappa shape index (κ1) is 89.0. The zero-order chi connectivity index (χ0) is 82.2. The molecule has 15 rings (SSSR count). The van der Waals surface area contributed by atoms with Crippen molar-refractivity contribution in [1.82, 2.24) is 25.2 Å². The van der Waals surface area contributed by atoms with Crippen LogP contribution in [0.1, 0.15) is 146 Å². The molecule has 0 aliphatic carbocycles. The predicted molar refractivity (Wildman–Crippen MR) is 447 cm³/mol. The molecule has 5 unspecified atom stereocenters. The highest BCUT2D eigenvalue weighted by Crippen LogP contribution is 2.31. The fraction of sp³-hybridized carbons (Fsp3) is 0.222. The number of hydrogen-bond donors (Lipinski definition) is 8. The number of aliphatic hydroxyl groups excluding tert-OH is 1. The summed E-state index contributed by atoms with van der Waals surface area (Å²) < 4.78 is 9.51. The summed E-state index contributed by atoms with van der Waals surface area (Å²) in [5.74, 6) is 5.38. The molecule has 5 aliphatic heterocycles. The number of anilines is 4. The number of benzene rings is 8. The minimum absolute atomic E-state index is 0.0486. The summed E-state index contributed by atoms with van der Waals surface area (Å²) >= 11 is 23.1. The number of halogens is 6. The van der Waals surface area contributed by atoms with E-state index < -0.39 is 53.8 Å². The van der Waals surface area contributed by atoms with Crippen LogP contribution in [0.4, 0.5) is 22.9 Å². The van der Waals surface area contributed by atoms with Crippen LogP contribution in [-0.2, 0) is 46.5 Å². The van der Waals surface area contributed by atoms with Crippen LogP contribution in [0.5, 0.6) is 0 Å². The number of hydrogen-bond acceptors (Lipinski definition) is 21. The first-order chi connectivity index (χ1) is 54.0. The maximum absolute atomic E-state index is 12.4. The molecular weight excluding hydrogens is 1800 g/mol. The van der Waals surface area contributed by atoms with E-state index in [1.807, 2.05) is 111 Å². The molecule has 10 aromatic rings. The van der Waals surface area contributed by atoms with Crippen LogP contribution in [0.2, 0.25) is 5.15 Å². The summed E-state index contributed by atoms with van der Waals surface area (Å²) in [6, 6.07) is 57.8. The minimum atomic E-state index is -0.657. The third-order valence-electron chi connectivity index (χ3n) is 16.6. The van der Waals surface area contributed by atoms with Crippen LogP contribution in [0, 0.1) is 0 Å². The van der Waals surface area contributed by atoms with Gasteiger partial charge in [-0.05, 0) is 192 Å². The normalized spacial score (nSPS) is 15.4. The van der Waals surface area contributed by atoms with Crippen molar-refractivity contribution in [2.45, 2.75) is 117 Å². The lowest BCUT2D eigenvalue weighted by Crippen LogP contribution is -2.34. The molecule has 1 saturated heterocycles. The lowest BCUT2D eigenvalue weighted by molar-refractivity contribution is -0.140. The van der Waals surface area contributed by atoms with E-state index in [1.165, 1.54) is 17.7 Å². The van der Waals surface area contributed by atoms with Crippen LogP contribution in [0.25, 0.3) is 21.8 Å². The summed E-state index contributed by atoms with van der Waals surface area (Å²) in [5, 5.41) is 27.7. The standard InChI is InChI=1S/C20H14BrClN2O3.C19H17BrN2O4.C12H11BrN2O.C11H14BrNO2.C8H5NO3.C6H6BrN.C5H8O2.H4N2/c1-11(27-24-19(25)15-4-2-3-5-16(15)20(24)26)8-13-9-12-6-7-14(21)10-17(12)23-18(13)22;1-12(9-10-17(23)21-14-6-4-5-13(20)11-14)26-22-18(24)15-7-2-3-8-16(15)19(22)25;1-7-4-9-5-8-2-3-10(13)6-11(8)14-12(9)15-16-7;1-8(14)5-6-11(15)13-10-4-2-3-9(12)7-10;10-7-5-3-1-2-4-6(5)8(11)9(7)12;7-5-2-1-3-6(8)4-5;1-4-2-3-5(6)7-4;1-2/h2-7,9-11H,8H2,1H3;2-8,11-12H,9-10H2,1H3,(H,21,23);2-3,5-7H,4H2,1H3,(H,14,15);2-4,7-8,14H,5-6H2,1H3,(H,13,15);1-4,12H;1-4H,8H2;4H,2-3H2,1H3;1-2H2. The second kappa shape index (κ2) is 43.1. The van der Waals surface area contributed by atoms with Gasteiger partial charge in [0.25, 0.3) is 35.4 Å². The lowest BCUT2D eigenvalue weighted by Gasteiger charge is -2.22. The Morgan fingerprint density at radius 3 is 1.39 bits per heavy atom. The molecule has 8 amide bonds. The molecule has 590 valence electrons. The molecule has 5 atom stereocenters. The number of aliphatic hydroxyl groups is 1. The van der Waals surface area contributed by atoms with Gasteiger partial charge in [-0.15, -0.1) is 15.2 Å². The average molecular weight is 1880 g/mol. The Bertz CT molecular complexity index is 5000. The molecule has 11 N–H and O–H groups in total. The number of rotatable bonds is 14. The van der Waals surface area contributed by atoms with Crippen molar-refractivity contribution < 1.29 is 72.7 Å². The van der Waals surface area contributed by atoms with Gasteiger partial charge in [-0.1, -0.05) is 158 Å². The van der Waals surface area contributed by atoms with Gasteiger partial charge in [0, 0.05) is 82.3 Å². The van der Waals surface area contributed by atoms with E-state index in [0.29, 0.717) is 65.2 Å². The Hall–Kier alpha value is -9.58. The first-order valence-corrected chi connectivity index (χ1v) is 39.4. The zero-order valence-electron chi connectivity index (χ0n) is 61.5. The van der Waals surface area contributed by atoms with Crippen molar-refractivity contribution in [3.8, 4) is 0 Å². The van der Waals surface area contributed by atoms with Crippen LogP contribution < -0.4 is 33.5 Å². The number of hydroxylamine groups is 6. The maximum atomic E-state index is 12.4. The smallest absolute Gasteiger partial charge is 0.306 e. The number of aromatic nitrogens is 2. The summed E-state index contributed by atoms with van der Waals surface area (Å²) in [7, 11) is 0. The molecule has 32 heteroatoms. The lowest BCUT2D eigenvalue weighted by atomic mass is 10.1. The monoisotopic (exact) mass is 1880 g/mol. The number of nitrogen functional groups attached to an aromatic ring is 1. The Labute approximate surface area is 697 Å². The second-order valence-corrected chi connectivity index (χ2v) is 30.6. The van der Waals surface area contributed by atoms with Crippen LogP contribution in [0.15, 0.2) is 216 Å².